The van der Waals surface area contributed by atoms with Gasteiger partial charge >= 0.3 is 0 Å². The standard InChI is InChI=1S/C10H7ClN4/c1-3-7-4-12-10(11)14-9(7)8-5-13-15(2)6-8/h1,4-6H,2H3. The predicted octanol–water partition coefficient (Wildman–Crippen LogP) is 1.51. The van der Waals surface area contributed by atoms with Crippen molar-refractivity contribution < 1.29 is 0 Å². The van der Waals surface area contributed by atoms with Gasteiger partial charge in [0.15, 0.2) is 0 Å². The van der Waals surface area contributed by atoms with E-state index in [0.29, 0.717) is 11.3 Å². The molecule has 5 heteroatoms. The van der Waals surface area contributed by atoms with E-state index in [-0.39, 0.29) is 5.28 Å². The molecular weight excluding hydrogens is 212 g/mol. The first-order valence-corrected chi connectivity index (χ1v) is 4.56. The number of hydrogen-bond acceptors (Lipinski definition) is 3. The predicted molar refractivity (Wildman–Crippen MR) is 57.2 cm³/mol. The Hall–Kier alpha value is -1.86. The van der Waals surface area contributed by atoms with E-state index in [1.54, 1.807) is 10.9 Å². The number of halogens is 1. The van der Waals surface area contributed by atoms with Gasteiger partial charge in [-0.15, -0.1) is 6.42 Å². The second kappa shape index (κ2) is 3.71. The summed E-state index contributed by atoms with van der Waals surface area (Å²) in [5.41, 5.74) is 2.06. The van der Waals surface area contributed by atoms with Crippen LogP contribution in [0.2, 0.25) is 5.28 Å². The third-order valence-electron chi connectivity index (χ3n) is 1.89. The summed E-state index contributed by atoms with van der Waals surface area (Å²) in [6, 6.07) is 0. The Morgan fingerprint density at radius 2 is 2.27 bits per heavy atom. The van der Waals surface area contributed by atoms with Crippen LogP contribution in [-0.4, -0.2) is 19.7 Å². The SMILES string of the molecule is C#Cc1cnc(Cl)nc1-c1cnn(C)c1. The van der Waals surface area contributed by atoms with Crippen LogP contribution in [0.5, 0.6) is 0 Å². The molecule has 0 unspecified atom stereocenters. The van der Waals surface area contributed by atoms with Crippen LogP contribution in [0.25, 0.3) is 11.3 Å². The summed E-state index contributed by atoms with van der Waals surface area (Å²) < 4.78 is 1.67. The molecule has 0 fully saturated rings. The number of rotatable bonds is 1. The fourth-order valence-corrected chi connectivity index (χ4v) is 1.36. The number of aromatic nitrogens is 4. The van der Waals surface area contributed by atoms with Crippen molar-refractivity contribution in [2.75, 3.05) is 0 Å². The Morgan fingerprint density at radius 3 is 2.87 bits per heavy atom. The summed E-state index contributed by atoms with van der Waals surface area (Å²) in [5.74, 6) is 2.51. The van der Waals surface area contributed by atoms with Gasteiger partial charge in [-0.2, -0.15) is 5.10 Å². The first-order chi connectivity index (χ1) is 7.20. The molecule has 15 heavy (non-hydrogen) atoms. The van der Waals surface area contributed by atoms with E-state index < -0.39 is 0 Å². The van der Waals surface area contributed by atoms with Crippen molar-refractivity contribution in [2.45, 2.75) is 0 Å². The monoisotopic (exact) mass is 218 g/mol. The van der Waals surface area contributed by atoms with E-state index in [1.165, 1.54) is 6.20 Å². The molecule has 0 aromatic carbocycles. The molecule has 0 aliphatic rings. The average Bonchev–Trinajstić information content (AvgIpc) is 2.65. The fourth-order valence-electron chi connectivity index (χ4n) is 1.23. The van der Waals surface area contributed by atoms with Gasteiger partial charge in [-0.3, -0.25) is 4.68 Å². The Bertz CT molecular complexity index is 539. The van der Waals surface area contributed by atoms with Crippen molar-refractivity contribution in [2.24, 2.45) is 7.05 Å². The highest BCUT2D eigenvalue weighted by molar-refractivity contribution is 6.28. The topological polar surface area (TPSA) is 43.6 Å². The first kappa shape index (κ1) is 9.69. The molecule has 0 saturated carbocycles. The summed E-state index contributed by atoms with van der Waals surface area (Å²) in [6.45, 7) is 0. The highest BCUT2D eigenvalue weighted by atomic mass is 35.5. The Kier molecular flexibility index (Phi) is 2.40. The fraction of sp³-hybridized carbons (Fsp3) is 0.100. The summed E-state index contributed by atoms with van der Waals surface area (Å²) in [4.78, 5) is 7.91. The molecule has 4 nitrogen and oxygen atoms in total. The van der Waals surface area contributed by atoms with E-state index in [9.17, 15) is 0 Å². The lowest BCUT2D eigenvalue weighted by Crippen LogP contribution is -1.91. The van der Waals surface area contributed by atoms with E-state index in [4.69, 9.17) is 18.0 Å². The van der Waals surface area contributed by atoms with Crippen molar-refractivity contribution in [3.05, 3.63) is 29.4 Å². The highest BCUT2D eigenvalue weighted by Crippen LogP contribution is 2.20. The van der Waals surface area contributed by atoms with Crippen LogP contribution in [-0.2, 0) is 7.05 Å². The first-order valence-electron chi connectivity index (χ1n) is 4.19. The normalized spacial score (nSPS) is 9.93. The molecule has 2 aromatic rings. The quantitative estimate of drug-likeness (QED) is 0.538. The lowest BCUT2D eigenvalue weighted by Gasteiger charge is -1.99. The number of hydrogen-bond donors (Lipinski definition) is 0. The van der Waals surface area contributed by atoms with Gasteiger partial charge in [0.05, 0.1) is 17.5 Å². The van der Waals surface area contributed by atoms with Crippen LogP contribution in [0.15, 0.2) is 18.6 Å². The summed E-state index contributed by atoms with van der Waals surface area (Å²) in [7, 11) is 1.82. The van der Waals surface area contributed by atoms with Gasteiger partial charge in [0, 0.05) is 25.0 Å². The van der Waals surface area contributed by atoms with E-state index in [0.717, 1.165) is 5.56 Å². The number of nitrogens with zero attached hydrogens (tertiary/aromatic N) is 4. The van der Waals surface area contributed by atoms with Crippen LogP contribution >= 0.6 is 11.6 Å². The third-order valence-corrected chi connectivity index (χ3v) is 2.08. The number of aryl methyl sites for hydroxylation is 1. The molecule has 2 rings (SSSR count). The maximum Gasteiger partial charge on any atom is 0.222 e. The van der Waals surface area contributed by atoms with Gasteiger partial charge < -0.3 is 0 Å². The van der Waals surface area contributed by atoms with Crippen molar-refractivity contribution in [1.82, 2.24) is 19.7 Å². The highest BCUT2D eigenvalue weighted by Gasteiger charge is 2.08. The number of terminal acetylenes is 1. The van der Waals surface area contributed by atoms with Crippen molar-refractivity contribution in [1.29, 1.82) is 0 Å². The molecule has 0 radical (unpaired) electrons. The van der Waals surface area contributed by atoms with Crippen molar-refractivity contribution >= 4 is 11.6 Å². The minimum Gasteiger partial charge on any atom is -0.275 e. The van der Waals surface area contributed by atoms with Gasteiger partial charge in [0.25, 0.3) is 0 Å². The molecule has 2 aromatic heterocycles. The second-order valence-electron chi connectivity index (χ2n) is 2.95. The lowest BCUT2D eigenvalue weighted by atomic mass is 10.1. The summed E-state index contributed by atoms with van der Waals surface area (Å²) >= 11 is 5.71. The minimum atomic E-state index is 0.174. The van der Waals surface area contributed by atoms with E-state index in [2.05, 4.69) is 21.0 Å². The second-order valence-corrected chi connectivity index (χ2v) is 3.29. The van der Waals surface area contributed by atoms with Crippen LogP contribution in [0.3, 0.4) is 0 Å². The molecule has 0 N–H and O–H groups in total. The molecule has 0 saturated heterocycles. The zero-order valence-corrected chi connectivity index (χ0v) is 8.73. The molecule has 0 bridgehead atoms. The van der Waals surface area contributed by atoms with Crippen molar-refractivity contribution in [3.63, 3.8) is 0 Å². The molecule has 0 atom stereocenters. The molecule has 0 aliphatic heterocycles. The zero-order chi connectivity index (χ0) is 10.8. The van der Waals surface area contributed by atoms with Crippen LogP contribution in [0.1, 0.15) is 5.56 Å². The van der Waals surface area contributed by atoms with E-state index in [1.807, 2.05) is 13.2 Å². The summed E-state index contributed by atoms with van der Waals surface area (Å²) in [6.07, 6.45) is 10.4. The maximum atomic E-state index is 5.71. The lowest BCUT2D eigenvalue weighted by molar-refractivity contribution is 0.768. The van der Waals surface area contributed by atoms with Crippen molar-refractivity contribution in [3.8, 4) is 23.6 Å². The van der Waals surface area contributed by atoms with Crippen LogP contribution in [0.4, 0.5) is 0 Å². The third kappa shape index (κ3) is 1.83. The molecule has 2 heterocycles. The van der Waals surface area contributed by atoms with Gasteiger partial charge in [0.1, 0.15) is 0 Å². The smallest absolute Gasteiger partial charge is 0.222 e. The Balaban J connectivity index is 2.61. The van der Waals surface area contributed by atoms with Gasteiger partial charge in [-0.05, 0) is 11.6 Å². The molecule has 74 valence electrons. The van der Waals surface area contributed by atoms with Gasteiger partial charge in [-0.25, -0.2) is 9.97 Å². The van der Waals surface area contributed by atoms with E-state index >= 15 is 0 Å². The largest absolute Gasteiger partial charge is 0.275 e. The summed E-state index contributed by atoms with van der Waals surface area (Å²) in [5, 5.41) is 4.22. The Labute approximate surface area is 91.9 Å². The average molecular weight is 219 g/mol. The molecule has 0 amide bonds. The zero-order valence-electron chi connectivity index (χ0n) is 7.98. The molecule has 0 spiro atoms. The maximum absolute atomic E-state index is 5.71. The van der Waals surface area contributed by atoms with Crippen LogP contribution < -0.4 is 0 Å². The minimum absolute atomic E-state index is 0.174. The van der Waals surface area contributed by atoms with Gasteiger partial charge in [0.2, 0.25) is 5.28 Å². The van der Waals surface area contributed by atoms with Gasteiger partial charge in [-0.1, -0.05) is 5.92 Å². The molecule has 0 aliphatic carbocycles. The Morgan fingerprint density at radius 1 is 1.47 bits per heavy atom. The van der Waals surface area contributed by atoms with Crippen LogP contribution in [0, 0.1) is 12.3 Å². The molecular formula is C10H7ClN4.